The summed E-state index contributed by atoms with van der Waals surface area (Å²) >= 11 is 0. The van der Waals surface area contributed by atoms with Gasteiger partial charge in [-0.3, -0.25) is 9.59 Å². The maximum atomic E-state index is 12.0. The van der Waals surface area contributed by atoms with Crippen molar-refractivity contribution in [3.05, 3.63) is 48.3 Å². The van der Waals surface area contributed by atoms with Gasteiger partial charge in [-0.1, -0.05) is 6.07 Å². The average Bonchev–Trinajstić information content (AvgIpc) is 2.91. The standard InChI is InChI=1S/C14H15N3O3/c1-10(8-13(18)19)16-14(20)11-4-2-5-12(9-11)17-7-3-6-15-17/h2-7,9-10H,8H2,1H3,(H,16,20)(H,18,19)/t10-/m0/s1. The average molecular weight is 273 g/mol. The molecule has 104 valence electrons. The number of nitrogens with one attached hydrogen (secondary N) is 1. The van der Waals surface area contributed by atoms with Gasteiger partial charge in [-0.2, -0.15) is 5.10 Å². The van der Waals surface area contributed by atoms with Crippen LogP contribution < -0.4 is 5.32 Å². The third-order valence-corrected chi connectivity index (χ3v) is 2.74. The first kappa shape index (κ1) is 13.8. The predicted molar refractivity (Wildman–Crippen MR) is 72.7 cm³/mol. The molecule has 1 amide bonds. The smallest absolute Gasteiger partial charge is 0.305 e. The first-order chi connectivity index (χ1) is 9.56. The number of rotatable bonds is 5. The Hall–Kier alpha value is -2.63. The zero-order valence-electron chi connectivity index (χ0n) is 11.0. The molecule has 0 aliphatic rings. The molecule has 0 aliphatic carbocycles. The van der Waals surface area contributed by atoms with Crippen LogP contribution in [0.4, 0.5) is 0 Å². The van der Waals surface area contributed by atoms with E-state index in [0.717, 1.165) is 5.69 Å². The van der Waals surface area contributed by atoms with Crippen LogP contribution in [0.1, 0.15) is 23.7 Å². The van der Waals surface area contributed by atoms with Gasteiger partial charge in [-0.15, -0.1) is 0 Å². The Bertz CT molecular complexity index is 608. The van der Waals surface area contributed by atoms with Crippen LogP contribution in [0.5, 0.6) is 0 Å². The number of carbonyl (C=O) groups is 2. The molecule has 1 heterocycles. The summed E-state index contributed by atoms with van der Waals surface area (Å²) in [6.07, 6.45) is 3.33. The zero-order valence-corrected chi connectivity index (χ0v) is 11.0. The highest BCUT2D eigenvalue weighted by atomic mass is 16.4. The largest absolute Gasteiger partial charge is 0.481 e. The summed E-state index contributed by atoms with van der Waals surface area (Å²) in [5, 5.41) is 15.4. The summed E-state index contributed by atoms with van der Waals surface area (Å²) in [6, 6.07) is 8.35. The number of carbonyl (C=O) groups excluding carboxylic acids is 1. The molecule has 6 nitrogen and oxygen atoms in total. The maximum Gasteiger partial charge on any atom is 0.305 e. The molecule has 1 aromatic heterocycles. The molecule has 0 aliphatic heterocycles. The summed E-state index contributed by atoms with van der Waals surface area (Å²) in [5.41, 5.74) is 1.24. The van der Waals surface area contributed by atoms with Crippen molar-refractivity contribution < 1.29 is 14.7 Å². The first-order valence-corrected chi connectivity index (χ1v) is 6.19. The molecule has 2 rings (SSSR count). The van der Waals surface area contributed by atoms with Gasteiger partial charge >= 0.3 is 5.97 Å². The van der Waals surface area contributed by atoms with Crippen molar-refractivity contribution in [1.29, 1.82) is 0 Å². The maximum absolute atomic E-state index is 12.0. The summed E-state index contributed by atoms with van der Waals surface area (Å²) in [6.45, 7) is 1.66. The lowest BCUT2D eigenvalue weighted by Gasteiger charge is -2.12. The molecule has 0 spiro atoms. The topological polar surface area (TPSA) is 84.2 Å². The molecule has 2 aromatic rings. The highest BCUT2D eigenvalue weighted by molar-refractivity contribution is 5.95. The minimum absolute atomic E-state index is 0.107. The van der Waals surface area contributed by atoms with Crippen molar-refractivity contribution in [3.8, 4) is 5.69 Å². The number of benzene rings is 1. The molecule has 2 N–H and O–H groups in total. The number of aromatic nitrogens is 2. The molecule has 0 fully saturated rings. The lowest BCUT2D eigenvalue weighted by molar-refractivity contribution is -0.137. The number of hydrogen-bond acceptors (Lipinski definition) is 3. The van der Waals surface area contributed by atoms with Crippen LogP contribution in [0.2, 0.25) is 0 Å². The van der Waals surface area contributed by atoms with Crippen LogP contribution in [0.25, 0.3) is 5.69 Å². The van der Waals surface area contributed by atoms with E-state index in [2.05, 4.69) is 10.4 Å². The molecule has 6 heteroatoms. The lowest BCUT2D eigenvalue weighted by atomic mass is 10.1. The van der Waals surface area contributed by atoms with E-state index in [1.54, 1.807) is 48.3 Å². The Morgan fingerprint density at radius 1 is 1.40 bits per heavy atom. The Morgan fingerprint density at radius 2 is 2.20 bits per heavy atom. The fraction of sp³-hybridized carbons (Fsp3) is 0.214. The SMILES string of the molecule is C[C@@H](CC(=O)O)NC(=O)c1cccc(-n2cccn2)c1. The van der Waals surface area contributed by atoms with Gasteiger partial charge in [0.05, 0.1) is 12.1 Å². The number of aliphatic carboxylic acids is 1. The minimum atomic E-state index is -0.942. The second-order valence-corrected chi connectivity index (χ2v) is 4.47. The van der Waals surface area contributed by atoms with E-state index in [1.807, 2.05) is 6.07 Å². The molecule has 0 saturated heterocycles. The van der Waals surface area contributed by atoms with Gasteiger partial charge in [-0.25, -0.2) is 4.68 Å². The Morgan fingerprint density at radius 3 is 2.85 bits per heavy atom. The Balaban J connectivity index is 2.11. The quantitative estimate of drug-likeness (QED) is 0.864. The predicted octanol–water partition coefficient (Wildman–Crippen LogP) is 1.47. The molecular weight excluding hydrogens is 258 g/mol. The molecule has 1 aromatic carbocycles. The third kappa shape index (κ3) is 3.44. The highest BCUT2D eigenvalue weighted by Crippen LogP contribution is 2.10. The molecule has 0 bridgehead atoms. The van der Waals surface area contributed by atoms with Crippen LogP contribution in [-0.4, -0.2) is 32.8 Å². The third-order valence-electron chi connectivity index (χ3n) is 2.74. The van der Waals surface area contributed by atoms with E-state index in [-0.39, 0.29) is 12.3 Å². The van der Waals surface area contributed by atoms with E-state index in [1.165, 1.54) is 0 Å². The highest BCUT2D eigenvalue weighted by Gasteiger charge is 2.13. The van der Waals surface area contributed by atoms with Gasteiger partial charge in [0, 0.05) is 24.0 Å². The van der Waals surface area contributed by atoms with Crippen molar-refractivity contribution in [2.45, 2.75) is 19.4 Å². The van der Waals surface area contributed by atoms with E-state index >= 15 is 0 Å². The number of amides is 1. The molecule has 20 heavy (non-hydrogen) atoms. The summed E-state index contributed by atoms with van der Waals surface area (Å²) in [7, 11) is 0. The first-order valence-electron chi connectivity index (χ1n) is 6.19. The van der Waals surface area contributed by atoms with Gasteiger partial charge < -0.3 is 10.4 Å². The van der Waals surface area contributed by atoms with Crippen molar-refractivity contribution in [2.24, 2.45) is 0 Å². The number of carboxylic acids is 1. The Labute approximate surface area is 116 Å². The monoisotopic (exact) mass is 273 g/mol. The van der Waals surface area contributed by atoms with E-state index in [9.17, 15) is 9.59 Å². The minimum Gasteiger partial charge on any atom is -0.481 e. The van der Waals surface area contributed by atoms with Crippen molar-refractivity contribution in [2.75, 3.05) is 0 Å². The fourth-order valence-corrected chi connectivity index (χ4v) is 1.83. The van der Waals surface area contributed by atoms with E-state index in [0.29, 0.717) is 5.56 Å². The van der Waals surface area contributed by atoms with Crippen molar-refractivity contribution in [3.63, 3.8) is 0 Å². The molecular formula is C14H15N3O3. The van der Waals surface area contributed by atoms with Crippen LogP contribution in [0.15, 0.2) is 42.7 Å². The molecule has 0 unspecified atom stereocenters. The van der Waals surface area contributed by atoms with Crippen LogP contribution in [0.3, 0.4) is 0 Å². The van der Waals surface area contributed by atoms with Gasteiger partial charge in [0.15, 0.2) is 0 Å². The number of carboxylic acid groups (broad SMARTS) is 1. The number of nitrogens with zero attached hydrogens (tertiary/aromatic N) is 2. The van der Waals surface area contributed by atoms with Gasteiger partial charge in [0.25, 0.3) is 5.91 Å². The van der Waals surface area contributed by atoms with Crippen molar-refractivity contribution >= 4 is 11.9 Å². The van der Waals surface area contributed by atoms with E-state index < -0.39 is 12.0 Å². The second-order valence-electron chi connectivity index (χ2n) is 4.47. The zero-order chi connectivity index (χ0) is 14.5. The lowest BCUT2D eigenvalue weighted by Crippen LogP contribution is -2.34. The summed E-state index contributed by atoms with van der Waals surface area (Å²) in [4.78, 5) is 22.6. The second kappa shape index (κ2) is 6.01. The molecule has 1 atom stereocenters. The fourth-order valence-electron chi connectivity index (χ4n) is 1.83. The van der Waals surface area contributed by atoms with E-state index in [4.69, 9.17) is 5.11 Å². The number of hydrogen-bond donors (Lipinski definition) is 2. The summed E-state index contributed by atoms with van der Waals surface area (Å²) < 4.78 is 1.65. The van der Waals surface area contributed by atoms with Gasteiger partial charge in [-0.05, 0) is 31.2 Å². The molecule has 0 radical (unpaired) electrons. The molecule has 0 saturated carbocycles. The Kier molecular flexibility index (Phi) is 4.14. The normalized spacial score (nSPS) is 11.8. The van der Waals surface area contributed by atoms with Crippen LogP contribution in [0, 0.1) is 0 Å². The van der Waals surface area contributed by atoms with Gasteiger partial charge in [0.1, 0.15) is 0 Å². The van der Waals surface area contributed by atoms with Crippen molar-refractivity contribution in [1.82, 2.24) is 15.1 Å². The summed E-state index contributed by atoms with van der Waals surface area (Å²) in [5.74, 6) is -1.24. The van der Waals surface area contributed by atoms with Crippen LogP contribution >= 0.6 is 0 Å². The van der Waals surface area contributed by atoms with Crippen LogP contribution in [-0.2, 0) is 4.79 Å². The van der Waals surface area contributed by atoms with Gasteiger partial charge in [0.2, 0.25) is 0 Å².